The molecule has 0 bridgehead atoms. The molecule has 3 N–H and O–H groups in total. The SMILES string of the molecule is [2H]COc1ncc(-c2ccc3c(C(=O)NC4CC4)n[nH]c3c2)cc1C(=O)N[C@@H](C)c1cccc(C(F)(F)F)c1. The van der Waals surface area contributed by atoms with Crippen LogP contribution < -0.4 is 15.4 Å². The fraction of sp³-hybridized carbons (Fsp3) is 0.259. The Labute approximate surface area is 217 Å². The van der Waals surface area contributed by atoms with E-state index in [-0.39, 0.29) is 29.0 Å². The van der Waals surface area contributed by atoms with Crippen molar-refractivity contribution >= 4 is 22.7 Å². The highest BCUT2D eigenvalue weighted by Crippen LogP contribution is 2.32. The van der Waals surface area contributed by atoms with E-state index in [1.165, 1.54) is 24.4 Å². The van der Waals surface area contributed by atoms with E-state index in [9.17, 15) is 22.8 Å². The van der Waals surface area contributed by atoms with E-state index in [0.29, 0.717) is 27.7 Å². The summed E-state index contributed by atoms with van der Waals surface area (Å²) in [6.45, 7) is 1.57. The predicted octanol–water partition coefficient (Wildman–Crippen LogP) is 5.04. The first kappa shape index (κ1) is 24.0. The first-order valence-corrected chi connectivity index (χ1v) is 11.8. The zero-order valence-electron chi connectivity index (χ0n) is 21.2. The summed E-state index contributed by atoms with van der Waals surface area (Å²) in [6, 6.07) is 11.0. The number of aromatic amines is 1. The summed E-state index contributed by atoms with van der Waals surface area (Å²) in [5.41, 5.74) is 1.61. The molecule has 4 aromatic rings. The molecule has 2 amide bonds. The molecule has 0 saturated heterocycles. The van der Waals surface area contributed by atoms with Gasteiger partial charge < -0.3 is 15.4 Å². The molecule has 1 saturated carbocycles. The number of hydrogen-bond donors (Lipinski definition) is 3. The summed E-state index contributed by atoms with van der Waals surface area (Å²) in [4.78, 5) is 29.9. The number of nitrogens with one attached hydrogen (secondary N) is 3. The Morgan fingerprint density at radius 2 is 1.95 bits per heavy atom. The average Bonchev–Trinajstić information content (AvgIpc) is 3.63. The van der Waals surface area contributed by atoms with Gasteiger partial charge in [-0.3, -0.25) is 14.7 Å². The number of benzene rings is 2. The van der Waals surface area contributed by atoms with E-state index in [4.69, 9.17) is 6.11 Å². The van der Waals surface area contributed by atoms with Crippen molar-refractivity contribution in [3.05, 3.63) is 77.1 Å². The minimum Gasteiger partial charge on any atom is -0.480 e. The zero-order chi connectivity index (χ0) is 27.7. The van der Waals surface area contributed by atoms with Gasteiger partial charge in [-0.15, -0.1) is 0 Å². The maximum atomic E-state index is 13.2. The smallest absolute Gasteiger partial charge is 0.416 e. The van der Waals surface area contributed by atoms with Crippen molar-refractivity contribution < 1.29 is 28.9 Å². The van der Waals surface area contributed by atoms with Gasteiger partial charge in [0, 0.05) is 23.2 Å². The number of alkyl halides is 3. The largest absolute Gasteiger partial charge is 0.480 e. The zero-order valence-corrected chi connectivity index (χ0v) is 20.2. The quantitative estimate of drug-likeness (QED) is 0.314. The Morgan fingerprint density at radius 3 is 2.68 bits per heavy atom. The molecule has 0 aliphatic heterocycles. The van der Waals surface area contributed by atoms with Crippen molar-refractivity contribution in [1.82, 2.24) is 25.8 Å². The topological polar surface area (TPSA) is 109 Å². The van der Waals surface area contributed by atoms with Crippen LogP contribution in [0.1, 0.15) is 59.2 Å². The maximum Gasteiger partial charge on any atom is 0.416 e. The van der Waals surface area contributed by atoms with E-state index in [0.717, 1.165) is 25.0 Å². The summed E-state index contributed by atoms with van der Waals surface area (Å²) in [6.07, 6.45) is -1.11. The third kappa shape index (κ3) is 5.17. The standard InChI is InChI=1S/C27H24F3N5O3/c1-14(15-4-3-5-18(10-15)27(28,29)30)32-24(36)21-11-17(13-31-26(21)38-2)16-6-9-20-22(12-16)34-35-23(20)25(37)33-19-7-8-19/h3-6,9-14,19H,7-8H2,1-2H3,(H,32,36)(H,33,37)(H,34,35)/t14-/m0/s1/i2D. The molecule has 2 aromatic heterocycles. The highest BCUT2D eigenvalue weighted by atomic mass is 19.4. The third-order valence-electron chi connectivity index (χ3n) is 6.32. The second-order valence-corrected chi connectivity index (χ2v) is 9.12. The van der Waals surface area contributed by atoms with Crippen LogP contribution in [0.15, 0.2) is 54.7 Å². The molecule has 1 fully saturated rings. The van der Waals surface area contributed by atoms with Gasteiger partial charge in [-0.1, -0.05) is 18.2 Å². The second-order valence-electron chi connectivity index (χ2n) is 9.12. The molecule has 1 atom stereocenters. The third-order valence-corrected chi connectivity index (χ3v) is 6.32. The fourth-order valence-electron chi connectivity index (χ4n) is 4.08. The van der Waals surface area contributed by atoms with Crippen molar-refractivity contribution in [3.8, 4) is 17.0 Å². The highest BCUT2D eigenvalue weighted by molar-refractivity contribution is 6.05. The van der Waals surface area contributed by atoms with Crippen LogP contribution >= 0.6 is 0 Å². The summed E-state index contributed by atoms with van der Waals surface area (Å²) in [5.74, 6) is -0.951. The Hall–Kier alpha value is -4.41. The van der Waals surface area contributed by atoms with E-state index < -0.39 is 30.8 Å². The van der Waals surface area contributed by atoms with Crippen LogP contribution in [0.25, 0.3) is 22.0 Å². The highest BCUT2D eigenvalue weighted by Gasteiger charge is 2.31. The number of fused-ring (bicyclic) bond motifs is 1. The Balaban J connectivity index is 1.41. The van der Waals surface area contributed by atoms with Gasteiger partial charge in [-0.25, -0.2) is 4.98 Å². The van der Waals surface area contributed by atoms with Gasteiger partial charge in [0.25, 0.3) is 11.8 Å². The van der Waals surface area contributed by atoms with Gasteiger partial charge >= 0.3 is 6.18 Å². The normalized spacial score (nSPS) is 14.6. The molecule has 1 aliphatic rings. The van der Waals surface area contributed by atoms with Crippen molar-refractivity contribution in [2.75, 3.05) is 7.09 Å². The molecule has 38 heavy (non-hydrogen) atoms. The second kappa shape index (κ2) is 9.81. The van der Waals surface area contributed by atoms with Crippen LogP contribution in [0, 0.1) is 0 Å². The van der Waals surface area contributed by atoms with E-state index >= 15 is 0 Å². The van der Waals surface area contributed by atoms with E-state index in [1.54, 1.807) is 25.1 Å². The molecular formula is C27H24F3N5O3. The number of pyridine rings is 1. The number of amides is 2. The number of ether oxygens (including phenoxy) is 1. The predicted molar refractivity (Wildman–Crippen MR) is 134 cm³/mol. The van der Waals surface area contributed by atoms with Crippen LogP contribution in [0.5, 0.6) is 5.88 Å². The molecule has 2 heterocycles. The number of nitrogens with zero attached hydrogens (tertiary/aromatic N) is 2. The Morgan fingerprint density at radius 1 is 1.13 bits per heavy atom. The van der Waals surface area contributed by atoms with Gasteiger partial charge in [0.1, 0.15) is 5.56 Å². The van der Waals surface area contributed by atoms with Gasteiger partial charge in [0.05, 0.1) is 25.6 Å². The number of H-pyrrole nitrogens is 1. The lowest BCUT2D eigenvalue weighted by atomic mass is 10.0. The van der Waals surface area contributed by atoms with Crippen molar-refractivity contribution in [2.45, 2.75) is 38.0 Å². The van der Waals surface area contributed by atoms with Crippen molar-refractivity contribution in [1.29, 1.82) is 0 Å². The number of halogens is 3. The monoisotopic (exact) mass is 524 g/mol. The summed E-state index contributed by atoms with van der Waals surface area (Å²) < 4.78 is 52.0. The lowest BCUT2D eigenvalue weighted by Crippen LogP contribution is -2.27. The molecule has 0 spiro atoms. The number of carbonyl (C=O) groups is 2. The lowest BCUT2D eigenvalue weighted by Gasteiger charge is -2.17. The maximum absolute atomic E-state index is 13.2. The van der Waals surface area contributed by atoms with Crippen LogP contribution in [-0.2, 0) is 6.18 Å². The van der Waals surface area contributed by atoms with Crippen molar-refractivity contribution in [3.63, 3.8) is 0 Å². The molecule has 0 radical (unpaired) electrons. The summed E-state index contributed by atoms with van der Waals surface area (Å²) >= 11 is 0. The van der Waals surface area contributed by atoms with Crippen LogP contribution in [-0.4, -0.2) is 40.1 Å². The molecule has 2 aromatic carbocycles. The fourth-order valence-corrected chi connectivity index (χ4v) is 4.08. The van der Waals surface area contributed by atoms with Gasteiger partial charge in [0.15, 0.2) is 5.69 Å². The number of methoxy groups -OCH3 is 1. The molecular weight excluding hydrogens is 499 g/mol. The summed E-state index contributed by atoms with van der Waals surface area (Å²) in [7, 11) is -0.485. The molecule has 0 unspecified atom stereocenters. The first-order chi connectivity index (χ1) is 18.6. The van der Waals surface area contributed by atoms with Crippen LogP contribution in [0.4, 0.5) is 13.2 Å². The number of aromatic nitrogens is 3. The Kier molecular flexibility index (Phi) is 6.18. The molecule has 11 heteroatoms. The van der Waals surface area contributed by atoms with Gasteiger partial charge in [-0.2, -0.15) is 18.3 Å². The molecule has 8 nitrogen and oxygen atoms in total. The van der Waals surface area contributed by atoms with E-state index in [2.05, 4.69) is 25.8 Å². The lowest BCUT2D eigenvalue weighted by molar-refractivity contribution is -0.137. The summed E-state index contributed by atoms with van der Waals surface area (Å²) in [5, 5.41) is 13.3. The minimum atomic E-state index is -4.51. The first-order valence-electron chi connectivity index (χ1n) is 12.5. The minimum absolute atomic E-state index is 0.0211. The number of rotatable bonds is 7. The molecule has 196 valence electrons. The van der Waals surface area contributed by atoms with Crippen LogP contribution in [0.3, 0.4) is 0 Å². The molecule has 5 rings (SSSR count). The van der Waals surface area contributed by atoms with E-state index in [1.807, 2.05) is 0 Å². The number of carbonyl (C=O) groups excluding carboxylic acids is 2. The molecule has 1 aliphatic carbocycles. The Bertz CT molecular complexity index is 1550. The average molecular weight is 525 g/mol. The van der Waals surface area contributed by atoms with Gasteiger partial charge in [0.2, 0.25) is 5.88 Å². The number of hydrogen-bond acceptors (Lipinski definition) is 5. The van der Waals surface area contributed by atoms with Gasteiger partial charge in [-0.05, 0) is 61.2 Å². The van der Waals surface area contributed by atoms with Crippen molar-refractivity contribution in [2.24, 2.45) is 0 Å². The van der Waals surface area contributed by atoms with Crippen LogP contribution in [0.2, 0.25) is 0 Å².